The third-order valence-corrected chi connectivity index (χ3v) is 2.67. The zero-order valence-electron chi connectivity index (χ0n) is 8.42. The minimum Gasteiger partial charge on any atom is -0.368 e. The van der Waals surface area contributed by atoms with Gasteiger partial charge in [0.25, 0.3) is 0 Å². The molecule has 1 amide bonds. The van der Waals surface area contributed by atoms with E-state index in [2.05, 4.69) is 17.1 Å². The van der Waals surface area contributed by atoms with E-state index < -0.39 is 0 Å². The van der Waals surface area contributed by atoms with Crippen molar-refractivity contribution in [1.29, 1.82) is 0 Å². The van der Waals surface area contributed by atoms with E-state index in [9.17, 15) is 4.79 Å². The number of carbonyl (C=O) groups is 1. The van der Waals surface area contributed by atoms with Crippen molar-refractivity contribution in [2.24, 2.45) is 5.73 Å². The third kappa shape index (κ3) is 2.42. The van der Waals surface area contributed by atoms with Crippen molar-refractivity contribution in [2.45, 2.75) is 32.4 Å². The highest BCUT2D eigenvalue weighted by molar-refractivity contribution is 5.79. The van der Waals surface area contributed by atoms with Crippen molar-refractivity contribution >= 4 is 5.91 Å². The van der Waals surface area contributed by atoms with Gasteiger partial charge in [0.05, 0.1) is 6.04 Å². The predicted molar refractivity (Wildman–Crippen MR) is 52.3 cm³/mol. The molecule has 0 radical (unpaired) electrons. The summed E-state index contributed by atoms with van der Waals surface area (Å²) in [5, 5.41) is 3.29. The van der Waals surface area contributed by atoms with Crippen LogP contribution in [-0.2, 0) is 4.79 Å². The smallest absolute Gasteiger partial charge is 0.234 e. The Kier molecular flexibility index (Phi) is 3.69. The van der Waals surface area contributed by atoms with Crippen LogP contribution in [0.4, 0.5) is 0 Å². The molecule has 1 rings (SSSR count). The summed E-state index contributed by atoms with van der Waals surface area (Å²) in [7, 11) is 0. The Morgan fingerprint density at radius 1 is 1.77 bits per heavy atom. The molecule has 3 N–H and O–H groups in total. The second kappa shape index (κ2) is 4.58. The van der Waals surface area contributed by atoms with Gasteiger partial charge < -0.3 is 11.1 Å². The molecule has 0 aliphatic carbocycles. The molecule has 1 unspecified atom stereocenters. The summed E-state index contributed by atoms with van der Waals surface area (Å²) < 4.78 is 0. The van der Waals surface area contributed by atoms with Crippen LogP contribution in [0.1, 0.15) is 20.3 Å². The molecule has 1 saturated heterocycles. The zero-order valence-corrected chi connectivity index (χ0v) is 8.42. The van der Waals surface area contributed by atoms with Crippen molar-refractivity contribution < 1.29 is 4.79 Å². The van der Waals surface area contributed by atoms with Gasteiger partial charge in [0.15, 0.2) is 0 Å². The number of nitrogens with one attached hydrogen (secondary N) is 1. The highest BCUT2D eigenvalue weighted by atomic mass is 16.1. The van der Waals surface area contributed by atoms with E-state index >= 15 is 0 Å². The Morgan fingerprint density at radius 3 is 2.92 bits per heavy atom. The number of rotatable bonds is 3. The van der Waals surface area contributed by atoms with Gasteiger partial charge in [-0.25, -0.2) is 0 Å². The second-order valence-electron chi connectivity index (χ2n) is 3.62. The van der Waals surface area contributed by atoms with Crippen molar-refractivity contribution in [3.8, 4) is 0 Å². The van der Waals surface area contributed by atoms with Gasteiger partial charge in [-0.1, -0.05) is 6.92 Å². The molecular weight excluding hydrogens is 166 g/mol. The molecule has 0 saturated carbocycles. The lowest BCUT2D eigenvalue weighted by Crippen LogP contribution is -2.57. The summed E-state index contributed by atoms with van der Waals surface area (Å²) in [4.78, 5) is 13.3. The summed E-state index contributed by atoms with van der Waals surface area (Å²) in [6, 6.07) is 0.322. The molecule has 1 aliphatic rings. The Morgan fingerprint density at radius 2 is 2.46 bits per heavy atom. The summed E-state index contributed by atoms with van der Waals surface area (Å²) in [5.74, 6) is -0.198. The maximum absolute atomic E-state index is 11.1. The molecule has 0 spiro atoms. The maximum Gasteiger partial charge on any atom is 0.234 e. The fourth-order valence-electron chi connectivity index (χ4n) is 1.92. The lowest BCUT2D eigenvalue weighted by atomic mass is 10.1. The molecular formula is C9H19N3O. The van der Waals surface area contributed by atoms with Crippen LogP contribution in [0.15, 0.2) is 0 Å². The van der Waals surface area contributed by atoms with Gasteiger partial charge in [0, 0.05) is 25.7 Å². The fourth-order valence-corrected chi connectivity index (χ4v) is 1.92. The minimum atomic E-state index is -0.198. The monoisotopic (exact) mass is 185 g/mol. The standard InChI is InChI=1S/C9H19N3O/c1-3-8(9(10)13)12-5-4-11-6-7(12)2/h7-8,11H,3-6H2,1-2H3,(H2,10,13)/t7-,8?/m0/s1. The summed E-state index contributed by atoms with van der Waals surface area (Å²) in [5.41, 5.74) is 5.34. The number of nitrogens with zero attached hydrogens (tertiary/aromatic N) is 1. The Labute approximate surface area is 79.5 Å². The minimum absolute atomic E-state index is 0.0860. The van der Waals surface area contributed by atoms with Crippen molar-refractivity contribution in [3.05, 3.63) is 0 Å². The number of hydrogen-bond acceptors (Lipinski definition) is 3. The molecule has 1 heterocycles. The third-order valence-electron chi connectivity index (χ3n) is 2.67. The van der Waals surface area contributed by atoms with Gasteiger partial charge in [-0.05, 0) is 13.3 Å². The van der Waals surface area contributed by atoms with Crippen LogP contribution in [0.5, 0.6) is 0 Å². The number of primary amides is 1. The van der Waals surface area contributed by atoms with Crippen molar-refractivity contribution in [1.82, 2.24) is 10.2 Å². The van der Waals surface area contributed by atoms with Gasteiger partial charge in [0.2, 0.25) is 5.91 Å². The Bertz CT molecular complexity index is 184. The van der Waals surface area contributed by atoms with E-state index in [1.54, 1.807) is 0 Å². The number of piperazine rings is 1. The quantitative estimate of drug-likeness (QED) is 0.626. The normalized spacial score (nSPS) is 27.1. The van der Waals surface area contributed by atoms with Crippen LogP contribution >= 0.6 is 0 Å². The summed E-state index contributed by atoms with van der Waals surface area (Å²) in [6.07, 6.45) is 0.805. The van der Waals surface area contributed by atoms with Crippen LogP contribution in [0, 0.1) is 0 Å². The van der Waals surface area contributed by atoms with Gasteiger partial charge in [-0.15, -0.1) is 0 Å². The number of hydrogen-bond donors (Lipinski definition) is 2. The van der Waals surface area contributed by atoms with Crippen LogP contribution in [0.2, 0.25) is 0 Å². The molecule has 4 heteroatoms. The van der Waals surface area contributed by atoms with Crippen LogP contribution in [0.3, 0.4) is 0 Å². The lowest BCUT2D eigenvalue weighted by Gasteiger charge is -2.38. The number of nitrogens with two attached hydrogens (primary N) is 1. The van der Waals surface area contributed by atoms with E-state index in [4.69, 9.17) is 5.73 Å². The topological polar surface area (TPSA) is 58.4 Å². The Hall–Kier alpha value is -0.610. The van der Waals surface area contributed by atoms with Gasteiger partial charge >= 0.3 is 0 Å². The summed E-state index contributed by atoms with van der Waals surface area (Å²) >= 11 is 0. The first kappa shape index (κ1) is 10.5. The second-order valence-corrected chi connectivity index (χ2v) is 3.62. The molecule has 76 valence electrons. The molecule has 0 bridgehead atoms. The number of amides is 1. The molecule has 1 aliphatic heterocycles. The largest absolute Gasteiger partial charge is 0.368 e. The first-order chi connectivity index (χ1) is 6.16. The van der Waals surface area contributed by atoms with Gasteiger partial charge in [-0.2, -0.15) is 0 Å². The van der Waals surface area contributed by atoms with Crippen molar-refractivity contribution in [3.63, 3.8) is 0 Å². The van der Waals surface area contributed by atoms with Gasteiger partial charge in [0.1, 0.15) is 0 Å². The molecule has 2 atom stereocenters. The van der Waals surface area contributed by atoms with E-state index in [1.165, 1.54) is 0 Å². The Balaban J connectivity index is 2.60. The molecule has 1 fully saturated rings. The molecule has 0 aromatic rings. The molecule has 0 aromatic carbocycles. The molecule has 13 heavy (non-hydrogen) atoms. The first-order valence-corrected chi connectivity index (χ1v) is 4.92. The van der Waals surface area contributed by atoms with Crippen LogP contribution in [0.25, 0.3) is 0 Å². The summed E-state index contributed by atoms with van der Waals surface area (Å²) in [6.45, 7) is 6.95. The first-order valence-electron chi connectivity index (χ1n) is 4.92. The molecule has 0 aromatic heterocycles. The average Bonchev–Trinajstić information content (AvgIpc) is 2.09. The van der Waals surface area contributed by atoms with E-state index in [0.717, 1.165) is 26.1 Å². The lowest BCUT2D eigenvalue weighted by molar-refractivity contribution is -0.124. The maximum atomic E-state index is 11.1. The predicted octanol–water partition coefficient (Wildman–Crippen LogP) is -0.456. The SMILES string of the molecule is CCC(C(N)=O)N1CCNC[C@@H]1C. The van der Waals surface area contributed by atoms with Crippen molar-refractivity contribution in [2.75, 3.05) is 19.6 Å². The zero-order chi connectivity index (χ0) is 9.84. The van der Waals surface area contributed by atoms with E-state index in [0.29, 0.717) is 6.04 Å². The van der Waals surface area contributed by atoms with Gasteiger partial charge in [-0.3, -0.25) is 9.69 Å². The van der Waals surface area contributed by atoms with E-state index in [1.807, 2.05) is 6.92 Å². The fraction of sp³-hybridized carbons (Fsp3) is 0.889. The highest BCUT2D eigenvalue weighted by Gasteiger charge is 2.27. The molecule has 4 nitrogen and oxygen atoms in total. The number of carbonyl (C=O) groups excluding carboxylic acids is 1. The highest BCUT2D eigenvalue weighted by Crippen LogP contribution is 2.10. The average molecular weight is 185 g/mol. The van der Waals surface area contributed by atoms with E-state index in [-0.39, 0.29) is 11.9 Å². The van der Waals surface area contributed by atoms with Crippen LogP contribution < -0.4 is 11.1 Å². The van der Waals surface area contributed by atoms with Crippen LogP contribution in [-0.4, -0.2) is 42.5 Å².